The van der Waals surface area contributed by atoms with Crippen molar-refractivity contribution < 1.29 is 19.4 Å². The van der Waals surface area contributed by atoms with Gasteiger partial charge in [-0.15, -0.1) is 0 Å². The van der Waals surface area contributed by atoms with E-state index in [1.54, 1.807) is 7.11 Å². The lowest BCUT2D eigenvalue weighted by Crippen LogP contribution is -2.27. The minimum atomic E-state index is -1.01. The average molecular weight is 431 g/mol. The second-order valence-corrected chi connectivity index (χ2v) is 7.06. The van der Waals surface area contributed by atoms with Gasteiger partial charge in [0.05, 0.1) is 25.3 Å². The fourth-order valence-corrected chi connectivity index (χ4v) is 3.33. The zero-order valence-electron chi connectivity index (χ0n) is 14.8. The van der Waals surface area contributed by atoms with Crippen LogP contribution in [0, 0.1) is 0 Å². The molecule has 2 aromatic rings. The van der Waals surface area contributed by atoms with E-state index in [9.17, 15) is 9.59 Å². The highest BCUT2D eigenvalue weighted by Crippen LogP contribution is 2.37. The molecule has 0 saturated carbocycles. The number of ether oxygens (including phenoxy) is 1. The molecular weight excluding hydrogens is 412 g/mol. The van der Waals surface area contributed by atoms with Crippen LogP contribution < -0.4 is 4.74 Å². The van der Waals surface area contributed by atoms with E-state index in [1.807, 2.05) is 48.5 Å². The third-order valence-electron chi connectivity index (χ3n) is 4.39. The van der Waals surface area contributed by atoms with Crippen molar-refractivity contribution in [2.75, 3.05) is 7.11 Å². The second-order valence-electron chi connectivity index (χ2n) is 6.15. The molecule has 6 nitrogen and oxygen atoms in total. The maximum Gasteiger partial charge on any atom is 0.303 e. The topological polar surface area (TPSA) is 79.2 Å². The van der Waals surface area contributed by atoms with Crippen molar-refractivity contribution in [1.82, 2.24) is 5.01 Å². The Morgan fingerprint density at radius 3 is 2.56 bits per heavy atom. The second kappa shape index (κ2) is 8.35. The van der Waals surface area contributed by atoms with Crippen molar-refractivity contribution in [3.05, 3.63) is 64.1 Å². The molecule has 0 spiro atoms. The Morgan fingerprint density at radius 1 is 1.19 bits per heavy atom. The highest BCUT2D eigenvalue weighted by Gasteiger charge is 2.34. The van der Waals surface area contributed by atoms with Gasteiger partial charge in [-0.2, -0.15) is 5.10 Å². The minimum Gasteiger partial charge on any atom is -0.496 e. The highest BCUT2D eigenvalue weighted by molar-refractivity contribution is 9.10. The molecule has 7 heteroatoms. The number of benzene rings is 2. The van der Waals surface area contributed by atoms with Gasteiger partial charge in [-0.25, -0.2) is 5.01 Å². The Hall–Kier alpha value is -2.67. The van der Waals surface area contributed by atoms with Gasteiger partial charge in [0.15, 0.2) is 0 Å². The van der Waals surface area contributed by atoms with Crippen LogP contribution in [0.3, 0.4) is 0 Å². The highest BCUT2D eigenvalue weighted by atomic mass is 79.9. The lowest BCUT2D eigenvalue weighted by Gasteiger charge is -2.23. The molecule has 2 aromatic carbocycles. The van der Waals surface area contributed by atoms with E-state index in [-0.39, 0.29) is 24.8 Å². The van der Waals surface area contributed by atoms with Gasteiger partial charge < -0.3 is 9.84 Å². The number of halogens is 1. The summed E-state index contributed by atoms with van der Waals surface area (Å²) < 4.78 is 6.41. The van der Waals surface area contributed by atoms with E-state index in [1.165, 1.54) is 5.01 Å². The number of methoxy groups -OCH3 is 1. The number of para-hydroxylation sites is 1. The predicted octanol–water partition coefficient (Wildman–Crippen LogP) is 4.00. The smallest absolute Gasteiger partial charge is 0.303 e. The van der Waals surface area contributed by atoms with Gasteiger partial charge in [-0.1, -0.05) is 46.3 Å². The molecule has 0 unspecified atom stereocenters. The Morgan fingerprint density at radius 2 is 1.89 bits per heavy atom. The third kappa shape index (κ3) is 4.36. The minimum absolute atomic E-state index is 0.0991. The van der Waals surface area contributed by atoms with Crippen molar-refractivity contribution >= 4 is 33.5 Å². The molecule has 0 bridgehead atoms. The Bertz CT molecular complexity index is 880. The van der Waals surface area contributed by atoms with Crippen molar-refractivity contribution in [3.63, 3.8) is 0 Å². The van der Waals surface area contributed by atoms with Gasteiger partial charge in [-0.05, 0) is 23.8 Å². The first kappa shape index (κ1) is 19.1. The monoisotopic (exact) mass is 430 g/mol. The Kier molecular flexibility index (Phi) is 5.91. The molecule has 3 rings (SSSR count). The van der Waals surface area contributed by atoms with Crippen LogP contribution in [0.15, 0.2) is 58.1 Å². The van der Waals surface area contributed by atoms with Crippen molar-refractivity contribution in [2.45, 2.75) is 25.3 Å². The number of hydrogen-bond acceptors (Lipinski definition) is 4. The summed E-state index contributed by atoms with van der Waals surface area (Å²) in [6.07, 6.45) is 0.204. The normalized spacial score (nSPS) is 16.1. The van der Waals surface area contributed by atoms with Crippen molar-refractivity contribution in [3.8, 4) is 5.75 Å². The maximum absolute atomic E-state index is 12.7. The molecule has 1 heterocycles. The van der Waals surface area contributed by atoms with Gasteiger partial charge >= 0.3 is 5.97 Å². The first-order valence-corrected chi connectivity index (χ1v) is 9.29. The molecule has 1 atom stereocenters. The SMILES string of the molecule is COc1ccccc1[C@@H]1CC(c2ccc(Br)cc2)=NN1C(=O)CCC(=O)O. The van der Waals surface area contributed by atoms with E-state index in [0.29, 0.717) is 12.2 Å². The summed E-state index contributed by atoms with van der Waals surface area (Å²) >= 11 is 3.41. The van der Waals surface area contributed by atoms with Crippen molar-refractivity contribution in [2.24, 2.45) is 5.10 Å². The number of aliphatic carboxylic acids is 1. The number of carboxylic acid groups (broad SMARTS) is 1. The van der Waals surface area contributed by atoms with Crippen LogP contribution in [-0.4, -0.2) is 34.8 Å². The molecule has 1 N–H and O–H groups in total. The van der Waals surface area contributed by atoms with Crippen LogP contribution in [0.25, 0.3) is 0 Å². The van der Waals surface area contributed by atoms with E-state index in [0.717, 1.165) is 21.3 Å². The molecule has 1 amide bonds. The Balaban J connectivity index is 1.94. The van der Waals surface area contributed by atoms with E-state index in [2.05, 4.69) is 21.0 Å². The number of rotatable bonds is 6. The predicted molar refractivity (Wildman–Crippen MR) is 105 cm³/mol. The molecule has 0 aromatic heterocycles. The summed E-state index contributed by atoms with van der Waals surface area (Å²) in [5.41, 5.74) is 2.55. The van der Waals surface area contributed by atoms with E-state index < -0.39 is 5.97 Å². The van der Waals surface area contributed by atoms with Crippen LogP contribution in [0.2, 0.25) is 0 Å². The first-order valence-electron chi connectivity index (χ1n) is 8.49. The molecule has 0 saturated heterocycles. The molecule has 0 aliphatic carbocycles. The van der Waals surface area contributed by atoms with Crippen LogP contribution in [0.1, 0.15) is 36.4 Å². The van der Waals surface area contributed by atoms with Gasteiger partial charge in [0.1, 0.15) is 5.75 Å². The van der Waals surface area contributed by atoms with E-state index in [4.69, 9.17) is 9.84 Å². The summed E-state index contributed by atoms with van der Waals surface area (Å²) in [6, 6.07) is 14.9. The molecule has 140 valence electrons. The summed E-state index contributed by atoms with van der Waals surface area (Å²) in [5, 5.41) is 14.8. The summed E-state index contributed by atoms with van der Waals surface area (Å²) in [6.45, 7) is 0. The number of carbonyl (C=O) groups is 2. The van der Waals surface area contributed by atoms with Crippen LogP contribution in [-0.2, 0) is 9.59 Å². The molecule has 27 heavy (non-hydrogen) atoms. The fourth-order valence-electron chi connectivity index (χ4n) is 3.07. The quantitative estimate of drug-likeness (QED) is 0.750. The summed E-state index contributed by atoms with van der Waals surface area (Å²) in [5.74, 6) is -0.653. The molecule has 1 aliphatic rings. The van der Waals surface area contributed by atoms with Gasteiger partial charge in [0.2, 0.25) is 5.91 Å². The number of carbonyl (C=O) groups excluding carboxylic acids is 1. The zero-order chi connectivity index (χ0) is 19.4. The number of hydrazone groups is 1. The molecule has 0 fully saturated rings. The number of amides is 1. The molecule has 1 aliphatic heterocycles. The first-order chi connectivity index (χ1) is 13.0. The largest absolute Gasteiger partial charge is 0.496 e. The number of hydrogen-bond donors (Lipinski definition) is 1. The van der Waals surface area contributed by atoms with Crippen LogP contribution in [0.5, 0.6) is 5.75 Å². The maximum atomic E-state index is 12.7. The van der Waals surface area contributed by atoms with Crippen molar-refractivity contribution in [1.29, 1.82) is 0 Å². The Labute approximate surface area is 165 Å². The lowest BCUT2D eigenvalue weighted by atomic mass is 9.97. The molecule has 0 radical (unpaired) electrons. The van der Waals surface area contributed by atoms with E-state index >= 15 is 0 Å². The number of nitrogens with zero attached hydrogens (tertiary/aromatic N) is 2. The van der Waals surface area contributed by atoms with Crippen LogP contribution in [0.4, 0.5) is 0 Å². The average Bonchev–Trinajstić information content (AvgIpc) is 3.11. The van der Waals surface area contributed by atoms with Gasteiger partial charge in [0.25, 0.3) is 0 Å². The summed E-state index contributed by atoms with van der Waals surface area (Å²) in [4.78, 5) is 23.5. The summed E-state index contributed by atoms with van der Waals surface area (Å²) in [7, 11) is 1.58. The van der Waals surface area contributed by atoms with Gasteiger partial charge in [0, 0.05) is 22.9 Å². The third-order valence-corrected chi connectivity index (χ3v) is 4.92. The molecular formula is C20H19BrN2O4. The lowest BCUT2D eigenvalue weighted by molar-refractivity contribution is -0.141. The zero-order valence-corrected chi connectivity index (χ0v) is 16.3. The van der Waals surface area contributed by atoms with Crippen LogP contribution >= 0.6 is 15.9 Å². The number of carboxylic acids is 1. The fraction of sp³-hybridized carbons (Fsp3) is 0.250. The standard InChI is InChI=1S/C20H19BrN2O4/c1-27-18-5-3-2-4-15(18)17-12-16(13-6-8-14(21)9-7-13)22-23(17)19(24)10-11-20(25)26/h2-9,17H,10-12H2,1H3,(H,25,26)/t17-/m0/s1. The van der Waals surface area contributed by atoms with Gasteiger partial charge in [-0.3, -0.25) is 9.59 Å².